The van der Waals surface area contributed by atoms with Gasteiger partial charge in [0.1, 0.15) is 5.82 Å². The smallest absolute Gasteiger partial charge is 0.293 e. The molecule has 6 nitrogen and oxygen atoms in total. The first-order valence-corrected chi connectivity index (χ1v) is 10.4. The molecule has 0 radical (unpaired) electrons. The van der Waals surface area contributed by atoms with E-state index in [1.807, 2.05) is 23.1 Å². The van der Waals surface area contributed by atoms with Crippen LogP contribution in [0.1, 0.15) is 11.1 Å². The highest BCUT2D eigenvalue weighted by Crippen LogP contribution is 2.32. The molecule has 0 bridgehead atoms. The number of halogens is 1. The van der Waals surface area contributed by atoms with Gasteiger partial charge in [0.2, 0.25) is 5.91 Å². The van der Waals surface area contributed by atoms with Gasteiger partial charge in [0.15, 0.2) is 0 Å². The topological polar surface area (TPSA) is 69.7 Å². The minimum absolute atomic E-state index is 0.0710. The molecular formula is C22H20FN3O3S. The predicted molar refractivity (Wildman–Crippen MR) is 114 cm³/mol. The number of amides is 3. The molecule has 0 spiro atoms. The zero-order valence-corrected chi connectivity index (χ0v) is 17.0. The highest BCUT2D eigenvalue weighted by atomic mass is 32.2. The Balaban J connectivity index is 1.30. The first kappa shape index (κ1) is 20.2. The van der Waals surface area contributed by atoms with Crippen LogP contribution in [0.15, 0.2) is 53.4 Å². The summed E-state index contributed by atoms with van der Waals surface area (Å²) in [5.41, 5.74) is 2.55. The summed E-state index contributed by atoms with van der Waals surface area (Å²) in [7, 11) is 0. The van der Waals surface area contributed by atoms with Crippen molar-refractivity contribution in [3.63, 3.8) is 0 Å². The number of anilines is 1. The molecule has 8 heteroatoms. The number of thioether (sulfide) groups is 1. The van der Waals surface area contributed by atoms with E-state index in [1.165, 1.54) is 17.7 Å². The molecule has 2 heterocycles. The number of nitrogens with one attached hydrogen (secondary N) is 1. The van der Waals surface area contributed by atoms with Crippen molar-refractivity contribution < 1.29 is 18.8 Å². The van der Waals surface area contributed by atoms with Crippen molar-refractivity contribution >= 4 is 40.6 Å². The van der Waals surface area contributed by atoms with Gasteiger partial charge < -0.3 is 10.2 Å². The van der Waals surface area contributed by atoms with E-state index in [0.717, 1.165) is 35.3 Å². The first-order chi connectivity index (χ1) is 14.5. The molecule has 2 aromatic carbocycles. The number of fused-ring (bicyclic) bond motifs is 1. The Bertz CT molecular complexity index is 1040. The number of benzene rings is 2. The zero-order valence-electron chi connectivity index (χ0n) is 16.1. The molecule has 2 aliphatic heterocycles. The lowest BCUT2D eigenvalue weighted by Gasteiger charge is -2.19. The van der Waals surface area contributed by atoms with Gasteiger partial charge in [-0.25, -0.2) is 4.39 Å². The maximum atomic E-state index is 13.8. The van der Waals surface area contributed by atoms with Gasteiger partial charge in [-0.3, -0.25) is 19.3 Å². The molecule has 1 fully saturated rings. The van der Waals surface area contributed by atoms with Crippen molar-refractivity contribution in [2.75, 3.05) is 31.1 Å². The molecule has 0 saturated carbocycles. The molecule has 154 valence electrons. The van der Waals surface area contributed by atoms with Crippen molar-refractivity contribution in [1.29, 1.82) is 0 Å². The maximum absolute atomic E-state index is 13.8. The van der Waals surface area contributed by atoms with Crippen LogP contribution in [-0.4, -0.2) is 48.1 Å². The summed E-state index contributed by atoms with van der Waals surface area (Å²) in [5.74, 6) is -1.10. The van der Waals surface area contributed by atoms with Crippen LogP contribution in [0.3, 0.4) is 0 Å². The number of rotatable bonds is 6. The normalized spacial score (nSPS) is 17.0. The van der Waals surface area contributed by atoms with Gasteiger partial charge >= 0.3 is 0 Å². The molecule has 3 amide bonds. The monoisotopic (exact) mass is 425 g/mol. The summed E-state index contributed by atoms with van der Waals surface area (Å²) in [5, 5.41) is 2.34. The van der Waals surface area contributed by atoms with Crippen LogP contribution >= 0.6 is 11.8 Å². The highest BCUT2D eigenvalue weighted by molar-refractivity contribution is 8.18. The van der Waals surface area contributed by atoms with E-state index >= 15 is 0 Å². The fourth-order valence-electron chi connectivity index (χ4n) is 3.53. The lowest BCUT2D eigenvalue weighted by molar-refractivity contribution is -0.124. The van der Waals surface area contributed by atoms with Crippen molar-refractivity contribution in [1.82, 2.24) is 10.2 Å². The van der Waals surface area contributed by atoms with Crippen LogP contribution < -0.4 is 10.2 Å². The van der Waals surface area contributed by atoms with Gasteiger partial charge in [0, 0.05) is 30.9 Å². The van der Waals surface area contributed by atoms with Crippen LogP contribution in [0.2, 0.25) is 0 Å². The lowest BCUT2D eigenvalue weighted by Crippen LogP contribution is -2.41. The quantitative estimate of drug-likeness (QED) is 0.721. The molecular weight excluding hydrogens is 405 g/mol. The molecule has 1 saturated heterocycles. The van der Waals surface area contributed by atoms with E-state index < -0.39 is 17.0 Å². The van der Waals surface area contributed by atoms with Crippen molar-refractivity contribution in [3.05, 3.63) is 70.4 Å². The van der Waals surface area contributed by atoms with Crippen LogP contribution in [-0.2, 0) is 16.0 Å². The van der Waals surface area contributed by atoms with E-state index in [9.17, 15) is 18.8 Å². The number of hydrogen-bond donors (Lipinski definition) is 1. The largest absolute Gasteiger partial charge is 0.362 e. The second-order valence-corrected chi connectivity index (χ2v) is 8.00. The number of para-hydroxylation sites is 1. The number of nitrogens with zero attached hydrogens (tertiary/aromatic N) is 2. The molecule has 0 aliphatic carbocycles. The summed E-state index contributed by atoms with van der Waals surface area (Å²) < 4.78 is 13.8. The minimum atomic E-state index is -0.476. The Labute approximate surface area is 177 Å². The molecule has 2 aromatic rings. The standard InChI is InChI=1S/C22H20FN3O3S/c23-17-7-3-1-6-16(17)13-19-21(28)26(22(29)30-19)12-10-24-20(27)14-25-11-9-15-5-2-4-8-18(15)25/h1-8,13H,9-12,14H2,(H,24,27)/b19-13-. The molecule has 30 heavy (non-hydrogen) atoms. The van der Waals surface area contributed by atoms with Crippen LogP contribution in [0, 0.1) is 5.82 Å². The van der Waals surface area contributed by atoms with Gasteiger partial charge in [-0.1, -0.05) is 36.4 Å². The third kappa shape index (κ3) is 4.23. The predicted octanol–water partition coefficient (Wildman–Crippen LogP) is 3.04. The summed E-state index contributed by atoms with van der Waals surface area (Å²) in [6, 6.07) is 14.0. The van der Waals surface area contributed by atoms with E-state index in [-0.39, 0.29) is 36.0 Å². The summed E-state index contributed by atoms with van der Waals surface area (Å²) >= 11 is 0.774. The molecule has 2 aliphatic rings. The lowest BCUT2D eigenvalue weighted by atomic mass is 10.2. The van der Waals surface area contributed by atoms with Crippen molar-refractivity contribution in [3.8, 4) is 0 Å². The molecule has 0 unspecified atom stereocenters. The number of carbonyl (C=O) groups excluding carboxylic acids is 3. The van der Waals surface area contributed by atoms with Crippen LogP contribution in [0.5, 0.6) is 0 Å². The SMILES string of the molecule is O=C(CN1CCc2ccccc21)NCCN1C(=O)S/C(=C\c2ccccc2F)C1=O. The molecule has 0 aromatic heterocycles. The fourth-order valence-corrected chi connectivity index (χ4v) is 4.39. The third-order valence-corrected chi connectivity index (χ3v) is 5.95. The summed E-state index contributed by atoms with van der Waals surface area (Å²) in [6.45, 7) is 1.25. The van der Waals surface area contributed by atoms with Gasteiger partial charge in [0.05, 0.1) is 11.4 Å². The van der Waals surface area contributed by atoms with Crippen LogP contribution in [0.25, 0.3) is 6.08 Å². The summed E-state index contributed by atoms with van der Waals surface area (Å²) in [4.78, 5) is 40.2. The van der Waals surface area contributed by atoms with E-state index in [0.29, 0.717) is 0 Å². The van der Waals surface area contributed by atoms with E-state index in [1.54, 1.807) is 18.2 Å². The average Bonchev–Trinajstić information content (AvgIpc) is 3.25. The fraction of sp³-hybridized carbons (Fsp3) is 0.227. The molecule has 4 rings (SSSR count). The Morgan fingerprint density at radius 1 is 1.13 bits per heavy atom. The zero-order chi connectivity index (χ0) is 21.1. The molecule has 1 N–H and O–H groups in total. The third-order valence-electron chi connectivity index (χ3n) is 5.04. The average molecular weight is 425 g/mol. The second-order valence-electron chi connectivity index (χ2n) is 7.01. The van der Waals surface area contributed by atoms with Gasteiger partial charge in [-0.15, -0.1) is 0 Å². The Kier molecular flexibility index (Phi) is 5.85. The molecule has 0 atom stereocenters. The minimum Gasteiger partial charge on any atom is -0.362 e. The van der Waals surface area contributed by atoms with Crippen molar-refractivity contribution in [2.24, 2.45) is 0 Å². The number of carbonyl (C=O) groups is 3. The maximum Gasteiger partial charge on any atom is 0.293 e. The van der Waals surface area contributed by atoms with Gasteiger partial charge in [0.25, 0.3) is 11.1 Å². The first-order valence-electron chi connectivity index (χ1n) is 9.62. The highest BCUT2D eigenvalue weighted by Gasteiger charge is 2.34. The second kappa shape index (κ2) is 8.71. The van der Waals surface area contributed by atoms with E-state index in [2.05, 4.69) is 11.4 Å². The van der Waals surface area contributed by atoms with Crippen molar-refractivity contribution in [2.45, 2.75) is 6.42 Å². The Morgan fingerprint density at radius 2 is 1.90 bits per heavy atom. The summed E-state index contributed by atoms with van der Waals surface area (Å²) in [6.07, 6.45) is 2.29. The number of imide groups is 1. The van der Waals surface area contributed by atoms with Gasteiger partial charge in [-0.05, 0) is 42.0 Å². The van der Waals surface area contributed by atoms with E-state index in [4.69, 9.17) is 0 Å². The van der Waals surface area contributed by atoms with Crippen LogP contribution in [0.4, 0.5) is 14.9 Å². The Hall–Kier alpha value is -3.13. The van der Waals surface area contributed by atoms with Gasteiger partial charge in [-0.2, -0.15) is 0 Å². The number of hydrogen-bond acceptors (Lipinski definition) is 5. The Morgan fingerprint density at radius 3 is 2.73 bits per heavy atom.